The van der Waals surface area contributed by atoms with Crippen LogP contribution in [0.3, 0.4) is 0 Å². The molecule has 4 N–H and O–H groups in total. The van der Waals surface area contributed by atoms with Crippen molar-refractivity contribution >= 4 is 6.16 Å². The number of hydrogen-bond acceptors (Lipinski definition) is 11. The number of benzene rings is 1. The topological polar surface area (TPSA) is 162 Å². The first kappa shape index (κ1) is 30.4. The van der Waals surface area contributed by atoms with E-state index in [0.717, 1.165) is 13.2 Å². The lowest BCUT2D eigenvalue weighted by atomic mass is 9.97. The molecule has 2 heterocycles. The molecule has 0 saturated carbocycles. The molecule has 1 aliphatic rings. The van der Waals surface area contributed by atoms with Crippen molar-refractivity contribution in [1.82, 2.24) is 9.78 Å². The maximum Gasteiger partial charge on any atom is 0.508 e. The molecule has 0 aliphatic carbocycles. The summed E-state index contributed by atoms with van der Waals surface area (Å²) < 4.78 is 82.2. The summed E-state index contributed by atoms with van der Waals surface area (Å²) in [6.07, 6.45) is -15.3. The molecule has 2 aromatic rings. The van der Waals surface area contributed by atoms with E-state index in [1.165, 1.54) is 33.1 Å². The molecular formula is C23H28F4N2O10. The number of methoxy groups -OCH3 is 2. The standard InChI is InChI=1S/C23H28F4N2O10/c1-10(2)29-18(22(25,26)27)13(7-11-5-6-12(35-3)8-14(11)24)20(28-29)39-23(34)19(32)17(31)16(30)15(38-23)9-37-21(33)36-4/h5-6,8,10,15-17,19,30-32,34H,7,9H2,1-4H3/t15-,16-,17+,19-,23+/m1/s1. The van der Waals surface area contributed by atoms with Crippen LogP contribution in [0.15, 0.2) is 18.2 Å². The molecule has 0 unspecified atom stereocenters. The number of carbonyl (C=O) groups is 1. The van der Waals surface area contributed by atoms with Gasteiger partial charge < -0.3 is 44.1 Å². The third-order valence-corrected chi connectivity index (χ3v) is 5.88. The summed E-state index contributed by atoms with van der Waals surface area (Å²) in [5.41, 5.74) is -2.28. The van der Waals surface area contributed by atoms with Gasteiger partial charge in [0.2, 0.25) is 5.88 Å². The Balaban J connectivity index is 2.08. The average molecular weight is 568 g/mol. The van der Waals surface area contributed by atoms with Crippen molar-refractivity contribution in [3.63, 3.8) is 0 Å². The maximum atomic E-state index is 14.7. The minimum absolute atomic E-state index is 0.113. The van der Waals surface area contributed by atoms with E-state index in [1.54, 1.807) is 0 Å². The fraction of sp³-hybridized carbons (Fsp3) is 0.565. The summed E-state index contributed by atoms with van der Waals surface area (Å²) >= 11 is 0. The van der Waals surface area contributed by atoms with Crippen LogP contribution in [0.2, 0.25) is 0 Å². The van der Waals surface area contributed by atoms with Crippen molar-refractivity contribution in [2.24, 2.45) is 0 Å². The second-order valence-electron chi connectivity index (χ2n) is 8.88. The van der Waals surface area contributed by atoms with E-state index >= 15 is 0 Å². The zero-order valence-electron chi connectivity index (χ0n) is 21.2. The summed E-state index contributed by atoms with van der Waals surface area (Å²) in [6.45, 7) is 1.94. The SMILES string of the molecule is COC(=O)OC[C@H]1O[C@](O)(Oc2nn(C(C)C)c(C(F)(F)F)c2Cc2ccc(OC)cc2F)[C@H](O)[C@@H](O)[C@@H]1O. The van der Waals surface area contributed by atoms with Gasteiger partial charge in [0, 0.05) is 18.5 Å². The second-order valence-corrected chi connectivity index (χ2v) is 8.88. The summed E-state index contributed by atoms with van der Waals surface area (Å²) in [4.78, 5) is 11.3. The molecule has 0 bridgehead atoms. The monoisotopic (exact) mass is 568 g/mol. The number of rotatable bonds is 8. The number of carbonyl (C=O) groups excluding carboxylic acids is 1. The molecule has 16 heteroatoms. The molecule has 1 aliphatic heterocycles. The van der Waals surface area contributed by atoms with E-state index in [1.807, 2.05) is 0 Å². The normalized spacial score (nSPS) is 25.5. The molecule has 5 atom stereocenters. The molecule has 1 fully saturated rings. The van der Waals surface area contributed by atoms with E-state index in [2.05, 4.69) is 14.6 Å². The van der Waals surface area contributed by atoms with E-state index in [4.69, 9.17) is 14.2 Å². The first-order valence-corrected chi connectivity index (χ1v) is 11.5. The van der Waals surface area contributed by atoms with Gasteiger partial charge in [0.25, 0.3) is 0 Å². The van der Waals surface area contributed by atoms with Gasteiger partial charge in [0.15, 0.2) is 6.10 Å². The van der Waals surface area contributed by atoms with E-state index in [0.29, 0.717) is 4.68 Å². The second kappa shape index (κ2) is 11.5. The molecule has 218 valence electrons. The van der Waals surface area contributed by atoms with Crippen LogP contribution in [0, 0.1) is 5.82 Å². The maximum absolute atomic E-state index is 14.7. The van der Waals surface area contributed by atoms with Gasteiger partial charge in [0.05, 0.1) is 19.8 Å². The molecular weight excluding hydrogens is 540 g/mol. The van der Waals surface area contributed by atoms with Crippen molar-refractivity contribution in [2.45, 2.75) is 62.9 Å². The van der Waals surface area contributed by atoms with Gasteiger partial charge in [-0.1, -0.05) is 6.07 Å². The van der Waals surface area contributed by atoms with Gasteiger partial charge in [-0.05, 0) is 25.5 Å². The molecule has 1 aromatic heterocycles. The van der Waals surface area contributed by atoms with Crippen LogP contribution in [0.4, 0.5) is 22.4 Å². The first-order valence-electron chi connectivity index (χ1n) is 11.5. The number of hydrogen-bond donors (Lipinski definition) is 4. The van der Waals surface area contributed by atoms with E-state index in [-0.39, 0.29) is 11.3 Å². The third kappa shape index (κ3) is 6.36. The minimum atomic E-state index is -5.03. The fourth-order valence-corrected chi connectivity index (χ4v) is 3.90. The number of aromatic nitrogens is 2. The lowest BCUT2D eigenvalue weighted by molar-refractivity contribution is -0.423. The van der Waals surface area contributed by atoms with Crippen LogP contribution in [0.5, 0.6) is 11.6 Å². The van der Waals surface area contributed by atoms with Crippen molar-refractivity contribution < 1.29 is 66.5 Å². The van der Waals surface area contributed by atoms with Gasteiger partial charge in [-0.2, -0.15) is 13.2 Å². The molecule has 0 spiro atoms. The van der Waals surface area contributed by atoms with Crippen LogP contribution >= 0.6 is 0 Å². The van der Waals surface area contributed by atoms with Crippen molar-refractivity contribution in [2.75, 3.05) is 20.8 Å². The summed E-state index contributed by atoms with van der Waals surface area (Å²) in [5.74, 6) is -5.00. The zero-order chi connectivity index (χ0) is 29.3. The number of aliphatic hydroxyl groups excluding tert-OH is 3. The Bertz CT molecular complexity index is 1170. The molecule has 1 aromatic carbocycles. The van der Waals surface area contributed by atoms with Crippen LogP contribution in [0.1, 0.15) is 36.7 Å². The van der Waals surface area contributed by atoms with Crippen LogP contribution < -0.4 is 9.47 Å². The predicted molar refractivity (Wildman–Crippen MR) is 120 cm³/mol. The van der Waals surface area contributed by atoms with Gasteiger partial charge in [-0.15, -0.1) is 5.10 Å². The van der Waals surface area contributed by atoms with Gasteiger partial charge in [-0.25, -0.2) is 9.18 Å². The Hall–Kier alpha value is -3.18. The van der Waals surface area contributed by atoms with Gasteiger partial charge in [-0.3, -0.25) is 4.68 Å². The quantitative estimate of drug-likeness (QED) is 0.208. The highest BCUT2D eigenvalue weighted by atomic mass is 19.4. The van der Waals surface area contributed by atoms with Gasteiger partial charge >= 0.3 is 18.3 Å². The highest BCUT2D eigenvalue weighted by Gasteiger charge is 2.56. The van der Waals surface area contributed by atoms with Gasteiger partial charge in [0.1, 0.15) is 42.2 Å². The third-order valence-electron chi connectivity index (χ3n) is 5.88. The number of aliphatic hydroxyl groups is 4. The lowest BCUT2D eigenvalue weighted by Gasteiger charge is -2.44. The fourth-order valence-electron chi connectivity index (χ4n) is 3.90. The van der Waals surface area contributed by atoms with Crippen LogP contribution in [-0.2, 0) is 26.8 Å². The molecule has 12 nitrogen and oxygen atoms in total. The molecule has 1 saturated heterocycles. The smallest absolute Gasteiger partial charge is 0.497 e. The summed E-state index contributed by atoms with van der Waals surface area (Å²) in [6, 6.07) is 2.57. The Labute approximate surface area is 219 Å². The number of alkyl halides is 3. The van der Waals surface area contributed by atoms with Crippen molar-refractivity contribution in [1.29, 1.82) is 0 Å². The lowest BCUT2D eigenvalue weighted by Crippen LogP contribution is -2.67. The Kier molecular flexibility index (Phi) is 8.96. The Morgan fingerprint density at radius 2 is 1.87 bits per heavy atom. The predicted octanol–water partition coefficient (Wildman–Crippen LogP) is 1.51. The van der Waals surface area contributed by atoms with Crippen molar-refractivity contribution in [3.05, 3.63) is 40.8 Å². The highest BCUT2D eigenvalue weighted by molar-refractivity contribution is 5.59. The molecule has 39 heavy (non-hydrogen) atoms. The number of ether oxygens (including phenoxy) is 5. The summed E-state index contributed by atoms with van der Waals surface area (Å²) in [5, 5.41) is 45.6. The first-order chi connectivity index (χ1) is 18.1. The summed E-state index contributed by atoms with van der Waals surface area (Å²) in [7, 11) is 2.26. The minimum Gasteiger partial charge on any atom is -0.497 e. The highest BCUT2D eigenvalue weighted by Crippen LogP contribution is 2.41. The molecule has 3 rings (SSSR count). The molecule has 0 radical (unpaired) electrons. The zero-order valence-corrected chi connectivity index (χ0v) is 21.2. The molecule has 0 amide bonds. The Morgan fingerprint density at radius 1 is 1.21 bits per heavy atom. The Morgan fingerprint density at radius 3 is 2.41 bits per heavy atom. The van der Waals surface area contributed by atoms with Crippen LogP contribution in [-0.4, -0.2) is 87.6 Å². The van der Waals surface area contributed by atoms with Crippen molar-refractivity contribution in [3.8, 4) is 11.6 Å². The van der Waals surface area contributed by atoms with Crippen LogP contribution in [0.25, 0.3) is 0 Å². The van der Waals surface area contributed by atoms with E-state index < -0.39 is 84.7 Å². The number of halogens is 4. The average Bonchev–Trinajstić information content (AvgIpc) is 3.23. The number of nitrogens with zero attached hydrogens (tertiary/aromatic N) is 2. The van der Waals surface area contributed by atoms with E-state index in [9.17, 15) is 42.8 Å². The largest absolute Gasteiger partial charge is 0.508 e.